The van der Waals surface area contributed by atoms with Crippen molar-refractivity contribution in [2.75, 3.05) is 0 Å². The average Bonchev–Trinajstić information content (AvgIpc) is 3.28. The molecule has 0 saturated carbocycles. The van der Waals surface area contributed by atoms with Gasteiger partial charge in [-0.2, -0.15) is 0 Å². The molecule has 1 unspecified atom stereocenters. The van der Waals surface area contributed by atoms with Crippen LogP contribution in [-0.2, 0) is 13.0 Å². The minimum absolute atomic E-state index is 0.213. The molecule has 0 saturated heterocycles. The molecule has 4 aromatic rings. The molecule has 1 atom stereocenters. The number of aryl methyl sites for hydroxylation is 2. The van der Waals surface area contributed by atoms with Crippen LogP contribution in [0.5, 0.6) is 0 Å². The Hall–Kier alpha value is -2.08. The molecule has 0 fully saturated rings. The van der Waals surface area contributed by atoms with Gasteiger partial charge in [0.05, 0.1) is 17.3 Å². The van der Waals surface area contributed by atoms with Crippen molar-refractivity contribution in [2.45, 2.75) is 32.9 Å². The summed E-state index contributed by atoms with van der Waals surface area (Å²) >= 11 is 3.60. The highest BCUT2D eigenvalue weighted by molar-refractivity contribution is 7.11. The second-order valence-electron chi connectivity index (χ2n) is 6.40. The highest BCUT2D eigenvalue weighted by Gasteiger charge is 2.18. The van der Waals surface area contributed by atoms with E-state index in [1.807, 2.05) is 12.3 Å². The van der Waals surface area contributed by atoms with Gasteiger partial charge in [-0.1, -0.05) is 30.3 Å². The van der Waals surface area contributed by atoms with Crippen molar-refractivity contribution in [2.24, 2.45) is 0 Å². The number of thiophene rings is 1. The number of hydrogen-bond donors (Lipinski definition) is 1. The molecule has 0 aliphatic carbocycles. The van der Waals surface area contributed by atoms with E-state index < -0.39 is 0 Å². The highest BCUT2D eigenvalue weighted by atomic mass is 32.1. The van der Waals surface area contributed by atoms with Crippen LogP contribution in [0.25, 0.3) is 10.9 Å². The molecule has 1 aromatic carbocycles. The minimum Gasteiger partial charge on any atom is -0.303 e. The lowest BCUT2D eigenvalue weighted by atomic mass is 10.1. The van der Waals surface area contributed by atoms with Gasteiger partial charge < -0.3 is 5.32 Å². The summed E-state index contributed by atoms with van der Waals surface area (Å²) < 4.78 is 0. The normalized spacial score (nSPS) is 12.5. The maximum absolute atomic E-state index is 4.81. The van der Waals surface area contributed by atoms with Crippen LogP contribution in [0, 0.1) is 13.8 Å². The fraction of sp³-hybridized carbons (Fsp3) is 0.238. The Bertz CT molecular complexity index is 980. The fourth-order valence-electron chi connectivity index (χ4n) is 3.07. The Labute approximate surface area is 161 Å². The molecule has 1 N–H and O–H groups in total. The second-order valence-corrected chi connectivity index (χ2v) is 8.67. The van der Waals surface area contributed by atoms with Crippen LogP contribution >= 0.6 is 22.7 Å². The third-order valence-electron chi connectivity index (χ3n) is 4.58. The lowest BCUT2D eigenvalue weighted by Gasteiger charge is -2.16. The Morgan fingerprint density at radius 3 is 2.73 bits per heavy atom. The van der Waals surface area contributed by atoms with Crippen LogP contribution in [0.4, 0.5) is 0 Å². The molecule has 26 heavy (non-hydrogen) atoms. The summed E-state index contributed by atoms with van der Waals surface area (Å²) in [5.41, 5.74) is 3.43. The number of pyridine rings is 1. The van der Waals surface area contributed by atoms with E-state index >= 15 is 0 Å². The quantitative estimate of drug-likeness (QED) is 0.484. The maximum Gasteiger partial charge on any atom is 0.110 e. The molecule has 3 heterocycles. The number of benzene rings is 1. The molecule has 0 bridgehead atoms. The van der Waals surface area contributed by atoms with E-state index in [0.717, 1.165) is 24.2 Å². The molecule has 3 aromatic heterocycles. The topological polar surface area (TPSA) is 37.8 Å². The lowest BCUT2D eigenvalue weighted by molar-refractivity contribution is 0.531. The average molecular weight is 380 g/mol. The van der Waals surface area contributed by atoms with Crippen molar-refractivity contribution in [3.05, 3.63) is 80.1 Å². The molecule has 0 spiro atoms. The van der Waals surface area contributed by atoms with Crippen molar-refractivity contribution in [1.29, 1.82) is 0 Å². The standard InChI is InChI=1S/C21H21N3S2/c1-14-15(2)26-21(24-14)19(12-18-9-5-11-25-18)23-13-17-7-3-6-16-8-4-10-22-20(16)17/h3-11,19,23H,12-13H2,1-2H3. The number of nitrogens with zero attached hydrogens (tertiary/aromatic N) is 2. The SMILES string of the molecule is Cc1nc(C(Cc2cccs2)NCc2cccc3cccnc23)sc1C. The van der Waals surface area contributed by atoms with Crippen LogP contribution in [0.2, 0.25) is 0 Å². The van der Waals surface area contributed by atoms with Gasteiger partial charge in [-0.15, -0.1) is 22.7 Å². The molecule has 132 valence electrons. The number of nitrogens with one attached hydrogen (secondary N) is 1. The Morgan fingerprint density at radius 2 is 1.96 bits per heavy atom. The zero-order valence-electron chi connectivity index (χ0n) is 14.9. The largest absolute Gasteiger partial charge is 0.303 e. The number of fused-ring (bicyclic) bond motifs is 1. The maximum atomic E-state index is 4.81. The summed E-state index contributed by atoms with van der Waals surface area (Å²) in [4.78, 5) is 12.1. The smallest absolute Gasteiger partial charge is 0.110 e. The monoisotopic (exact) mass is 379 g/mol. The van der Waals surface area contributed by atoms with Gasteiger partial charge in [0.15, 0.2) is 0 Å². The van der Waals surface area contributed by atoms with E-state index in [-0.39, 0.29) is 6.04 Å². The van der Waals surface area contributed by atoms with Crippen molar-refractivity contribution >= 4 is 33.6 Å². The summed E-state index contributed by atoms with van der Waals surface area (Å²) in [6.07, 6.45) is 2.82. The minimum atomic E-state index is 0.213. The van der Waals surface area contributed by atoms with Crippen LogP contribution in [0.1, 0.15) is 32.1 Å². The number of rotatable bonds is 6. The summed E-state index contributed by atoms with van der Waals surface area (Å²) in [7, 11) is 0. The summed E-state index contributed by atoms with van der Waals surface area (Å²) in [5, 5.41) is 8.23. The molecule has 3 nitrogen and oxygen atoms in total. The number of hydrogen-bond acceptors (Lipinski definition) is 5. The molecule has 0 aliphatic rings. The van der Waals surface area contributed by atoms with E-state index in [4.69, 9.17) is 4.98 Å². The van der Waals surface area contributed by atoms with Gasteiger partial charge in [-0.3, -0.25) is 4.98 Å². The van der Waals surface area contributed by atoms with E-state index in [9.17, 15) is 0 Å². The molecule has 5 heteroatoms. The Morgan fingerprint density at radius 1 is 1.08 bits per heavy atom. The first-order valence-corrected chi connectivity index (χ1v) is 10.4. The van der Waals surface area contributed by atoms with Crippen LogP contribution in [-0.4, -0.2) is 9.97 Å². The Balaban J connectivity index is 1.59. The van der Waals surface area contributed by atoms with Gasteiger partial charge in [0.2, 0.25) is 0 Å². The van der Waals surface area contributed by atoms with Gasteiger partial charge in [0.25, 0.3) is 0 Å². The van der Waals surface area contributed by atoms with Gasteiger partial charge in [-0.05, 0) is 36.9 Å². The van der Waals surface area contributed by atoms with E-state index in [1.54, 1.807) is 22.7 Å². The number of aromatic nitrogens is 2. The molecule has 4 rings (SSSR count). The molecule has 0 aliphatic heterocycles. The number of para-hydroxylation sites is 1. The van der Waals surface area contributed by atoms with Crippen molar-refractivity contribution in [1.82, 2.24) is 15.3 Å². The van der Waals surface area contributed by atoms with Gasteiger partial charge in [-0.25, -0.2) is 4.98 Å². The van der Waals surface area contributed by atoms with Crippen molar-refractivity contribution in [3.63, 3.8) is 0 Å². The first-order chi connectivity index (χ1) is 12.7. The highest BCUT2D eigenvalue weighted by Crippen LogP contribution is 2.28. The Kier molecular flexibility index (Phi) is 5.11. The lowest BCUT2D eigenvalue weighted by Crippen LogP contribution is -2.23. The summed E-state index contributed by atoms with van der Waals surface area (Å²) in [6.45, 7) is 5.02. The zero-order valence-corrected chi connectivity index (χ0v) is 16.5. The molecular weight excluding hydrogens is 358 g/mol. The van der Waals surface area contributed by atoms with Gasteiger partial charge >= 0.3 is 0 Å². The molecular formula is C21H21N3S2. The van der Waals surface area contributed by atoms with E-state index in [1.165, 1.54) is 25.7 Å². The predicted octanol–water partition coefficient (Wildman–Crippen LogP) is 5.44. The van der Waals surface area contributed by atoms with Gasteiger partial charge in [0.1, 0.15) is 5.01 Å². The second kappa shape index (κ2) is 7.66. The van der Waals surface area contributed by atoms with Gasteiger partial charge in [0, 0.05) is 34.3 Å². The van der Waals surface area contributed by atoms with Crippen LogP contribution in [0.3, 0.4) is 0 Å². The molecule has 0 amide bonds. The zero-order chi connectivity index (χ0) is 17.9. The third kappa shape index (κ3) is 3.70. The summed E-state index contributed by atoms with van der Waals surface area (Å²) in [5.74, 6) is 0. The fourth-order valence-corrected chi connectivity index (χ4v) is 4.82. The van der Waals surface area contributed by atoms with E-state index in [0.29, 0.717) is 0 Å². The van der Waals surface area contributed by atoms with Crippen LogP contribution in [0.15, 0.2) is 54.0 Å². The number of thiazole rings is 1. The predicted molar refractivity (Wildman–Crippen MR) is 111 cm³/mol. The summed E-state index contributed by atoms with van der Waals surface area (Å²) in [6, 6.07) is 15.0. The third-order valence-corrected chi connectivity index (χ3v) is 6.67. The first-order valence-electron chi connectivity index (χ1n) is 8.73. The van der Waals surface area contributed by atoms with E-state index in [2.05, 4.69) is 65.9 Å². The first kappa shape index (κ1) is 17.3. The van der Waals surface area contributed by atoms with Crippen LogP contribution < -0.4 is 5.32 Å². The molecule has 0 radical (unpaired) electrons. The van der Waals surface area contributed by atoms with Crippen molar-refractivity contribution in [3.8, 4) is 0 Å². The van der Waals surface area contributed by atoms with Crippen molar-refractivity contribution < 1.29 is 0 Å².